The van der Waals surface area contributed by atoms with Gasteiger partial charge in [-0.1, -0.05) is 20.8 Å². The van der Waals surface area contributed by atoms with E-state index >= 15 is 0 Å². The predicted molar refractivity (Wildman–Crippen MR) is 76.4 cm³/mol. The van der Waals surface area contributed by atoms with Gasteiger partial charge in [-0.3, -0.25) is 9.59 Å². The number of rotatable bonds is 6. The summed E-state index contributed by atoms with van der Waals surface area (Å²) < 4.78 is 4.97. The van der Waals surface area contributed by atoms with Gasteiger partial charge < -0.3 is 14.7 Å². The molecule has 1 rings (SSSR count). The SMILES string of the molecule is COCCN(CC(=O)O)C(=O)C1CC(C)CC(C)(C)C1. The van der Waals surface area contributed by atoms with Crippen molar-refractivity contribution in [2.75, 3.05) is 26.8 Å². The van der Waals surface area contributed by atoms with Crippen LogP contribution in [0.2, 0.25) is 0 Å². The van der Waals surface area contributed by atoms with Gasteiger partial charge in [0.05, 0.1) is 6.61 Å². The summed E-state index contributed by atoms with van der Waals surface area (Å²) in [6.45, 7) is 6.99. The Morgan fingerprint density at radius 3 is 2.50 bits per heavy atom. The number of aliphatic carboxylic acids is 1. The van der Waals surface area contributed by atoms with Crippen LogP contribution in [0.4, 0.5) is 0 Å². The number of hydrogen-bond donors (Lipinski definition) is 1. The molecule has 20 heavy (non-hydrogen) atoms. The first-order chi connectivity index (χ1) is 9.25. The number of nitrogens with zero attached hydrogens (tertiary/aromatic N) is 1. The molecule has 0 aromatic rings. The minimum absolute atomic E-state index is 0.0379. The first kappa shape index (κ1) is 17.0. The van der Waals surface area contributed by atoms with Crippen LogP contribution in [0, 0.1) is 17.3 Å². The molecule has 1 N–H and O–H groups in total. The number of carboxylic acid groups (broad SMARTS) is 1. The van der Waals surface area contributed by atoms with Gasteiger partial charge in [-0.05, 0) is 30.6 Å². The van der Waals surface area contributed by atoms with Crippen molar-refractivity contribution in [2.45, 2.75) is 40.0 Å². The van der Waals surface area contributed by atoms with E-state index in [4.69, 9.17) is 9.84 Å². The standard InChI is InChI=1S/C15H27NO4/c1-11-7-12(9-15(2,3)8-11)14(19)16(5-6-20-4)10-13(17)18/h11-12H,5-10H2,1-4H3,(H,17,18). The topological polar surface area (TPSA) is 66.8 Å². The van der Waals surface area contributed by atoms with Crippen molar-refractivity contribution in [1.29, 1.82) is 0 Å². The van der Waals surface area contributed by atoms with Crippen LogP contribution in [0.1, 0.15) is 40.0 Å². The van der Waals surface area contributed by atoms with Crippen molar-refractivity contribution < 1.29 is 19.4 Å². The summed E-state index contributed by atoms with van der Waals surface area (Å²) in [5.74, 6) is -0.576. The fourth-order valence-corrected chi connectivity index (χ4v) is 3.42. The minimum atomic E-state index is -0.974. The molecule has 5 heteroatoms. The number of carbonyl (C=O) groups is 2. The molecular formula is C15H27NO4. The zero-order valence-corrected chi connectivity index (χ0v) is 13.0. The van der Waals surface area contributed by atoms with E-state index in [9.17, 15) is 9.59 Å². The molecular weight excluding hydrogens is 258 g/mol. The molecule has 0 aromatic carbocycles. The maximum Gasteiger partial charge on any atom is 0.323 e. The fourth-order valence-electron chi connectivity index (χ4n) is 3.42. The van der Waals surface area contributed by atoms with Gasteiger partial charge in [-0.2, -0.15) is 0 Å². The zero-order chi connectivity index (χ0) is 15.3. The van der Waals surface area contributed by atoms with E-state index in [1.54, 1.807) is 7.11 Å². The molecule has 1 aliphatic carbocycles. The highest BCUT2D eigenvalue weighted by Crippen LogP contribution is 2.42. The predicted octanol–water partition coefficient (Wildman–Crippen LogP) is 2.01. The van der Waals surface area contributed by atoms with Crippen LogP contribution in [0.5, 0.6) is 0 Å². The molecule has 0 bridgehead atoms. The number of ether oxygens (including phenoxy) is 1. The van der Waals surface area contributed by atoms with E-state index in [1.165, 1.54) is 4.90 Å². The van der Waals surface area contributed by atoms with E-state index < -0.39 is 5.97 Å². The maximum atomic E-state index is 12.6. The average molecular weight is 285 g/mol. The summed E-state index contributed by atoms with van der Waals surface area (Å²) in [5, 5.41) is 8.95. The summed E-state index contributed by atoms with van der Waals surface area (Å²) >= 11 is 0. The van der Waals surface area contributed by atoms with Gasteiger partial charge in [0.2, 0.25) is 5.91 Å². The average Bonchev–Trinajstić information content (AvgIpc) is 2.30. The highest BCUT2D eigenvalue weighted by Gasteiger charge is 2.37. The molecule has 1 saturated carbocycles. The van der Waals surface area contributed by atoms with E-state index in [0.717, 1.165) is 19.3 Å². The Kier molecular flexibility index (Phi) is 5.99. The lowest BCUT2D eigenvalue weighted by atomic mass is 9.67. The molecule has 1 amide bonds. The Labute approximate surface area is 121 Å². The molecule has 0 radical (unpaired) electrons. The monoisotopic (exact) mass is 285 g/mol. The fraction of sp³-hybridized carbons (Fsp3) is 0.867. The van der Waals surface area contributed by atoms with Crippen LogP contribution in [0.15, 0.2) is 0 Å². The van der Waals surface area contributed by atoms with Crippen molar-refractivity contribution in [3.05, 3.63) is 0 Å². The normalized spacial score (nSPS) is 25.2. The van der Waals surface area contributed by atoms with Gasteiger partial charge in [0.25, 0.3) is 0 Å². The zero-order valence-electron chi connectivity index (χ0n) is 13.0. The summed E-state index contributed by atoms with van der Waals surface area (Å²) in [5.41, 5.74) is 0.147. The van der Waals surface area contributed by atoms with Crippen LogP contribution in [-0.4, -0.2) is 48.7 Å². The third-order valence-corrected chi connectivity index (χ3v) is 3.94. The molecule has 0 heterocycles. The molecule has 0 aromatic heterocycles. The number of hydrogen-bond acceptors (Lipinski definition) is 3. The van der Waals surface area contributed by atoms with Crippen molar-refractivity contribution in [3.8, 4) is 0 Å². The van der Waals surface area contributed by atoms with Gasteiger partial charge in [-0.15, -0.1) is 0 Å². The maximum absolute atomic E-state index is 12.6. The molecule has 2 unspecified atom stereocenters. The summed E-state index contributed by atoms with van der Waals surface area (Å²) in [7, 11) is 1.55. The third kappa shape index (κ3) is 5.12. The lowest BCUT2D eigenvalue weighted by Crippen LogP contribution is -2.44. The van der Waals surface area contributed by atoms with Gasteiger partial charge in [0.1, 0.15) is 6.54 Å². The number of methoxy groups -OCH3 is 1. The second-order valence-electron chi connectivity index (χ2n) is 6.76. The quantitative estimate of drug-likeness (QED) is 0.810. The van der Waals surface area contributed by atoms with Gasteiger partial charge in [0.15, 0.2) is 0 Å². The van der Waals surface area contributed by atoms with Gasteiger partial charge >= 0.3 is 5.97 Å². The summed E-state index contributed by atoms with van der Waals surface area (Å²) in [6.07, 6.45) is 2.80. The van der Waals surface area contributed by atoms with E-state index in [2.05, 4.69) is 20.8 Å². The minimum Gasteiger partial charge on any atom is -0.480 e. The first-order valence-electron chi connectivity index (χ1n) is 7.24. The van der Waals surface area contributed by atoms with Crippen molar-refractivity contribution in [2.24, 2.45) is 17.3 Å². The summed E-state index contributed by atoms with van der Waals surface area (Å²) in [4.78, 5) is 24.9. The van der Waals surface area contributed by atoms with E-state index in [-0.39, 0.29) is 23.8 Å². The molecule has 0 saturated heterocycles. The Hall–Kier alpha value is -1.10. The lowest BCUT2D eigenvalue weighted by Gasteiger charge is -2.39. The molecule has 2 atom stereocenters. The first-order valence-corrected chi connectivity index (χ1v) is 7.24. The van der Waals surface area contributed by atoms with E-state index in [1.807, 2.05) is 0 Å². The highest BCUT2D eigenvalue weighted by atomic mass is 16.5. The van der Waals surface area contributed by atoms with E-state index in [0.29, 0.717) is 19.1 Å². The molecule has 1 aliphatic rings. The van der Waals surface area contributed by atoms with Crippen molar-refractivity contribution >= 4 is 11.9 Å². The Morgan fingerprint density at radius 2 is 2.00 bits per heavy atom. The molecule has 0 spiro atoms. The van der Waals surface area contributed by atoms with Crippen molar-refractivity contribution in [3.63, 3.8) is 0 Å². The molecule has 0 aliphatic heterocycles. The number of carbonyl (C=O) groups excluding carboxylic acids is 1. The Balaban J connectivity index is 2.74. The molecule has 116 valence electrons. The summed E-state index contributed by atoms with van der Waals surface area (Å²) in [6, 6.07) is 0. The molecule has 5 nitrogen and oxygen atoms in total. The largest absolute Gasteiger partial charge is 0.480 e. The second-order valence-corrected chi connectivity index (χ2v) is 6.76. The van der Waals surface area contributed by atoms with Crippen LogP contribution < -0.4 is 0 Å². The number of carboxylic acids is 1. The third-order valence-electron chi connectivity index (χ3n) is 3.94. The Morgan fingerprint density at radius 1 is 1.35 bits per heavy atom. The smallest absolute Gasteiger partial charge is 0.323 e. The van der Waals surface area contributed by atoms with Crippen LogP contribution in [-0.2, 0) is 14.3 Å². The van der Waals surface area contributed by atoms with Gasteiger partial charge in [-0.25, -0.2) is 0 Å². The van der Waals surface area contributed by atoms with Crippen LogP contribution >= 0.6 is 0 Å². The lowest BCUT2D eigenvalue weighted by molar-refractivity contribution is -0.148. The number of amides is 1. The van der Waals surface area contributed by atoms with Gasteiger partial charge in [0, 0.05) is 19.6 Å². The second kappa shape index (κ2) is 7.07. The van der Waals surface area contributed by atoms with Crippen LogP contribution in [0.3, 0.4) is 0 Å². The highest BCUT2D eigenvalue weighted by molar-refractivity contribution is 5.83. The van der Waals surface area contributed by atoms with Crippen molar-refractivity contribution in [1.82, 2.24) is 4.90 Å². The molecule has 1 fully saturated rings. The van der Waals surface area contributed by atoms with Crippen LogP contribution in [0.25, 0.3) is 0 Å². The Bertz CT molecular complexity index is 354.